The number of nitrogens with one attached hydrogen (secondary N) is 1. The Kier molecular flexibility index (Phi) is 5.25. The van der Waals surface area contributed by atoms with E-state index in [-0.39, 0.29) is 5.41 Å². The van der Waals surface area contributed by atoms with Gasteiger partial charge in [0, 0.05) is 32.1 Å². The molecule has 2 rings (SSSR count). The summed E-state index contributed by atoms with van der Waals surface area (Å²) in [7, 11) is 1.14. The number of amides is 1. The fourth-order valence-corrected chi connectivity index (χ4v) is 4.70. The van der Waals surface area contributed by atoms with Gasteiger partial charge < -0.3 is 10.2 Å². The van der Waals surface area contributed by atoms with Gasteiger partial charge in [-0.25, -0.2) is 0 Å². The van der Waals surface area contributed by atoms with Crippen LogP contribution < -0.4 is 5.32 Å². The molecule has 1 unspecified atom stereocenters. The molecule has 1 N–H and O–H groups in total. The largest absolute Gasteiger partial charge is 0.337 e. The van der Waals surface area contributed by atoms with Crippen LogP contribution in [0.15, 0.2) is 0 Å². The van der Waals surface area contributed by atoms with Gasteiger partial charge >= 0.3 is 0 Å². The van der Waals surface area contributed by atoms with Gasteiger partial charge in [-0.05, 0) is 36.5 Å². The third-order valence-corrected chi connectivity index (χ3v) is 5.77. The van der Waals surface area contributed by atoms with Gasteiger partial charge in [-0.3, -0.25) is 4.79 Å². The summed E-state index contributed by atoms with van der Waals surface area (Å²) < 4.78 is 0. The SMILES string of the molecule is CC(C)(C)C1CNCCN1C(=O)CC1CCPCC1. The zero-order valence-corrected chi connectivity index (χ0v) is 13.7. The third-order valence-electron chi connectivity index (χ3n) is 4.49. The molecule has 0 aromatic carbocycles. The highest BCUT2D eigenvalue weighted by Gasteiger charge is 2.35. The standard InChI is InChI=1S/C15H29N2OP/c1-15(2,3)13-11-16-6-7-17(13)14(18)10-12-4-8-19-9-5-12/h12-13,16,19H,4-11H2,1-3H3. The minimum atomic E-state index is 0.164. The molecule has 0 aromatic heterocycles. The summed E-state index contributed by atoms with van der Waals surface area (Å²) in [5.41, 5.74) is 0.164. The van der Waals surface area contributed by atoms with Crippen molar-refractivity contribution in [2.24, 2.45) is 11.3 Å². The Morgan fingerprint density at radius 3 is 2.63 bits per heavy atom. The van der Waals surface area contributed by atoms with Crippen LogP contribution in [0.4, 0.5) is 0 Å². The Hall–Kier alpha value is -0.140. The monoisotopic (exact) mass is 284 g/mol. The van der Waals surface area contributed by atoms with E-state index >= 15 is 0 Å². The van der Waals surface area contributed by atoms with Crippen molar-refractivity contribution in [3.63, 3.8) is 0 Å². The van der Waals surface area contributed by atoms with E-state index in [9.17, 15) is 4.79 Å². The van der Waals surface area contributed by atoms with Crippen molar-refractivity contribution in [2.45, 2.75) is 46.1 Å². The highest BCUT2D eigenvalue weighted by atomic mass is 31.1. The van der Waals surface area contributed by atoms with Crippen molar-refractivity contribution >= 4 is 14.5 Å². The van der Waals surface area contributed by atoms with Gasteiger partial charge in [-0.1, -0.05) is 20.8 Å². The zero-order chi connectivity index (χ0) is 13.9. The summed E-state index contributed by atoms with van der Waals surface area (Å²) in [6.45, 7) is 9.51. The Labute approximate surface area is 119 Å². The summed E-state index contributed by atoms with van der Waals surface area (Å²) in [4.78, 5) is 14.8. The quantitative estimate of drug-likeness (QED) is 0.789. The number of nitrogens with zero attached hydrogens (tertiary/aromatic N) is 1. The number of rotatable bonds is 2. The lowest BCUT2D eigenvalue weighted by molar-refractivity contribution is -0.138. The molecule has 0 aliphatic carbocycles. The van der Waals surface area contributed by atoms with Crippen LogP contribution in [0.5, 0.6) is 0 Å². The number of piperazine rings is 1. The molecule has 2 fully saturated rings. The second-order valence-electron chi connectivity index (χ2n) is 7.07. The van der Waals surface area contributed by atoms with Crippen LogP contribution >= 0.6 is 8.58 Å². The first-order chi connectivity index (χ1) is 8.98. The molecule has 1 amide bonds. The topological polar surface area (TPSA) is 32.3 Å². The van der Waals surface area contributed by atoms with Crippen molar-refractivity contribution < 1.29 is 4.79 Å². The molecule has 4 heteroatoms. The van der Waals surface area contributed by atoms with E-state index in [0.29, 0.717) is 17.9 Å². The van der Waals surface area contributed by atoms with E-state index in [4.69, 9.17) is 0 Å². The summed E-state index contributed by atoms with van der Waals surface area (Å²) in [5.74, 6) is 1.06. The molecular formula is C15H29N2OP. The number of carbonyl (C=O) groups is 1. The van der Waals surface area contributed by atoms with Gasteiger partial charge in [0.05, 0.1) is 0 Å². The molecule has 19 heavy (non-hydrogen) atoms. The fraction of sp³-hybridized carbons (Fsp3) is 0.933. The van der Waals surface area contributed by atoms with Crippen LogP contribution in [0.2, 0.25) is 0 Å². The average Bonchev–Trinajstić information content (AvgIpc) is 2.39. The smallest absolute Gasteiger partial charge is 0.223 e. The molecule has 0 bridgehead atoms. The maximum absolute atomic E-state index is 12.6. The van der Waals surface area contributed by atoms with Crippen LogP contribution in [0, 0.1) is 11.3 Å². The van der Waals surface area contributed by atoms with Gasteiger partial charge in [0.15, 0.2) is 0 Å². The highest BCUT2D eigenvalue weighted by molar-refractivity contribution is 7.38. The van der Waals surface area contributed by atoms with Gasteiger partial charge in [-0.2, -0.15) is 0 Å². The van der Waals surface area contributed by atoms with E-state index in [1.807, 2.05) is 0 Å². The van der Waals surface area contributed by atoms with E-state index in [1.165, 1.54) is 25.2 Å². The van der Waals surface area contributed by atoms with Crippen LogP contribution in [-0.4, -0.2) is 48.8 Å². The molecule has 0 aromatic rings. The Bertz CT molecular complexity index is 308. The minimum Gasteiger partial charge on any atom is -0.337 e. The van der Waals surface area contributed by atoms with Crippen LogP contribution in [0.25, 0.3) is 0 Å². The zero-order valence-electron chi connectivity index (χ0n) is 12.7. The normalized spacial score (nSPS) is 30.6. The lowest BCUT2D eigenvalue weighted by atomic mass is 9.84. The van der Waals surface area contributed by atoms with Gasteiger partial charge in [0.1, 0.15) is 0 Å². The maximum Gasteiger partial charge on any atom is 0.223 e. The lowest BCUT2D eigenvalue weighted by Gasteiger charge is -2.44. The van der Waals surface area contributed by atoms with Crippen LogP contribution in [0.3, 0.4) is 0 Å². The second kappa shape index (κ2) is 6.54. The van der Waals surface area contributed by atoms with E-state index in [2.05, 4.69) is 31.0 Å². The highest BCUT2D eigenvalue weighted by Crippen LogP contribution is 2.31. The molecule has 0 saturated carbocycles. The molecule has 110 valence electrons. The van der Waals surface area contributed by atoms with Gasteiger partial charge in [0.2, 0.25) is 5.91 Å². The Morgan fingerprint density at radius 1 is 1.32 bits per heavy atom. The summed E-state index contributed by atoms with van der Waals surface area (Å²) in [6, 6.07) is 0.346. The fourth-order valence-electron chi connectivity index (χ4n) is 3.23. The molecule has 0 spiro atoms. The Balaban J connectivity index is 1.95. The molecule has 2 aliphatic heterocycles. The maximum atomic E-state index is 12.6. The van der Waals surface area contributed by atoms with Crippen LogP contribution in [-0.2, 0) is 4.79 Å². The first-order valence-electron chi connectivity index (χ1n) is 7.69. The molecular weight excluding hydrogens is 255 g/mol. The predicted molar refractivity (Wildman–Crippen MR) is 83.2 cm³/mol. The Morgan fingerprint density at radius 2 is 2.00 bits per heavy atom. The number of carbonyl (C=O) groups excluding carboxylic acids is 1. The summed E-state index contributed by atoms with van der Waals surface area (Å²) in [6.07, 6.45) is 6.04. The van der Waals surface area contributed by atoms with Crippen molar-refractivity contribution in [3.8, 4) is 0 Å². The average molecular weight is 284 g/mol. The molecule has 3 nitrogen and oxygen atoms in total. The molecule has 2 aliphatic rings. The molecule has 0 radical (unpaired) electrons. The third kappa shape index (κ3) is 4.16. The predicted octanol–water partition coefficient (Wildman–Crippen LogP) is 2.31. The van der Waals surface area contributed by atoms with E-state index in [1.54, 1.807) is 0 Å². The number of hydrogen-bond acceptors (Lipinski definition) is 2. The van der Waals surface area contributed by atoms with Crippen molar-refractivity contribution in [1.82, 2.24) is 10.2 Å². The van der Waals surface area contributed by atoms with Crippen LogP contribution in [0.1, 0.15) is 40.0 Å². The van der Waals surface area contributed by atoms with E-state index < -0.39 is 0 Å². The lowest BCUT2D eigenvalue weighted by Crippen LogP contribution is -2.58. The molecule has 1 atom stereocenters. The second-order valence-corrected chi connectivity index (χ2v) is 8.57. The van der Waals surface area contributed by atoms with Gasteiger partial charge in [-0.15, -0.1) is 8.58 Å². The first kappa shape index (κ1) is 15.3. The van der Waals surface area contributed by atoms with Crippen molar-refractivity contribution in [2.75, 3.05) is 32.0 Å². The van der Waals surface area contributed by atoms with Crippen molar-refractivity contribution in [3.05, 3.63) is 0 Å². The number of hydrogen-bond donors (Lipinski definition) is 1. The molecule has 2 heterocycles. The first-order valence-corrected chi connectivity index (χ1v) is 9.11. The van der Waals surface area contributed by atoms with Gasteiger partial charge in [0.25, 0.3) is 0 Å². The van der Waals surface area contributed by atoms with Crippen molar-refractivity contribution in [1.29, 1.82) is 0 Å². The van der Waals surface area contributed by atoms with E-state index in [0.717, 1.165) is 34.6 Å². The molecule has 2 saturated heterocycles. The summed E-state index contributed by atoms with van der Waals surface area (Å²) in [5, 5.41) is 3.44. The minimum absolute atomic E-state index is 0.164. The summed E-state index contributed by atoms with van der Waals surface area (Å²) >= 11 is 0.